The minimum Gasteiger partial charge on any atom is -0.477 e. The number of hydrogen-bond donors (Lipinski definition) is 5. The van der Waals surface area contributed by atoms with Crippen LogP contribution in [0.4, 0.5) is 21.4 Å². The van der Waals surface area contributed by atoms with Crippen LogP contribution in [0.2, 0.25) is 0 Å². The SMILES string of the molecule is NC(=O)N(N)c1cc(C(=O)O)c(N(N)C(N)=O)o1. The highest BCUT2D eigenvalue weighted by Crippen LogP contribution is 2.28. The Bertz CT molecular complexity index is 510. The molecule has 1 aromatic rings. The molecule has 0 unspecified atom stereocenters. The van der Waals surface area contributed by atoms with Crippen molar-refractivity contribution >= 4 is 29.8 Å². The lowest BCUT2D eigenvalue weighted by Gasteiger charge is -2.12. The van der Waals surface area contributed by atoms with Gasteiger partial charge >= 0.3 is 18.0 Å². The molecular weight excluding hydrogens is 248 g/mol. The van der Waals surface area contributed by atoms with Crippen molar-refractivity contribution < 1.29 is 23.9 Å². The molecule has 0 aliphatic heterocycles. The largest absolute Gasteiger partial charge is 0.477 e. The van der Waals surface area contributed by atoms with E-state index in [4.69, 9.17) is 32.7 Å². The molecule has 0 fully saturated rings. The highest BCUT2D eigenvalue weighted by Gasteiger charge is 2.26. The zero-order valence-corrected chi connectivity index (χ0v) is 8.86. The van der Waals surface area contributed by atoms with Gasteiger partial charge in [-0.2, -0.15) is 10.0 Å². The van der Waals surface area contributed by atoms with Crippen LogP contribution < -0.4 is 33.2 Å². The van der Waals surface area contributed by atoms with E-state index in [0.29, 0.717) is 5.01 Å². The van der Waals surface area contributed by atoms with Gasteiger partial charge in [-0.1, -0.05) is 0 Å². The number of urea groups is 2. The molecule has 0 bridgehead atoms. The first kappa shape index (κ1) is 13.3. The van der Waals surface area contributed by atoms with E-state index in [2.05, 4.69) is 0 Å². The summed E-state index contributed by atoms with van der Waals surface area (Å²) in [6.07, 6.45) is 0. The molecule has 11 heteroatoms. The first-order chi connectivity index (χ1) is 8.25. The minimum atomic E-state index is -1.46. The molecule has 0 saturated heterocycles. The van der Waals surface area contributed by atoms with Crippen LogP contribution in [0.3, 0.4) is 0 Å². The van der Waals surface area contributed by atoms with Gasteiger partial charge in [0, 0.05) is 6.07 Å². The predicted molar refractivity (Wildman–Crippen MR) is 58.2 cm³/mol. The Hall–Kier alpha value is -2.79. The molecule has 0 atom stereocenters. The number of nitrogens with zero attached hydrogens (tertiary/aromatic N) is 2. The highest BCUT2D eigenvalue weighted by molar-refractivity contribution is 6.00. The van der Waals surface area contributed by atoms with E-state index in [1.807, 2.05) is 0 Å². The Morgan fingerprint density at radius 2 is 1.61 bits per heavy atom. The van der Waals surface area contributed by atoms with Crippen molar-refractivity contribution in [2.24, 2.45) is 23.2 Å². The van der Waals surface area contributed by atoms with Gasteiger partial charge in [0.05, 0.1) is 0 Å². The van der Waals surface area contributed by atoms with Gasteiger partial charge in [-0.3, -0.25) is 0 Å². The average molecular weight is 258 g/mol. The highest BCUT2D eigenvalue weighted by atomic mass is 16.4. The quantitative estimate of drug-likeness (QED) is 0.247. The molecule has 18 heavy (non-hydrogen) atoms. The molecule has 0 spiro atoms. The summed E-state index contributed by atoms with van der Waals surface area (Å²) in [5.41, 5.74) is 9.20. The van der Waals surface area contributed by atoms with Gasteiger partial charge in [0.15, 0.2) is 0 Å². The molecule has 1 rings (SSSR count). The number of furan rings is 1. The molecule has 1 aromatic heterocycles. The molecule has 1 heterocycles. The summed E-state index contributed by atoms with van der Waals surface area (Å²) >= 11 is 0. The molecule has 0 aliphatic carbocycles. The lowest BCUT2D eigenvalue weighted by molar-refractivity contribution is 0.0697. The van der Waals surface area contributed by atoms with Crippen molar-refractivity contribution in [3.8, 4) is 0 Å². The van der Waals surface area contributed by atoms with Gasteiger partial charge in [-0.25, -0.2) is 26.1 Å². The lowest BCUT2D eigenvalue weighted by atomic mass is 10.3. The van der Waals surface area contributed by atoms with Gasteiger partial charge in [0.1, 0.15) is 5.56 Å². The summed E-state index contributed by atoms with van der Waals surface area (Å²) in [7, 11) is 0. The van der Waals surface area contributed by atoms with E-state index in [0.717, 1.165) is 6.07 Å². The summed E-state index contributed by atoms with van der Waals surface area (Å²) in [5, 5.41) is 9.45. The maximum atomic E-state index is 10.9. The topological polar surface area (TPSA) is 195 Å². The number of carboxylic acids is 1. The zero-order chi connectivity index (χ0) is 14.0. The number of hydrazine groups is 2. The summed E-state index contributed by atoms with van der Waals surface area (Å²) < 4.78 is 4.84. The van der Waals surface area contributed by atoms with Crippen molar-refractivity contribution in [3.63, 3.8) is 0 Å². The fraction of sp³-hybridized carbons (Fsp3) is 0. The number of primary amides is 2. The fourth-order valence-corrected chi connectivity index (χ4v) is 1.03. The third-order valence-corrected chi connectivity index (χ3v) is 1.86. The van der Waals surface area contributed by atoms with Crippen LogP contribution in [0.1, 0.15) is 10.4 Å². The van der Waals surface area contributed by atoms with Gasteiger partial charge in [-0.05, 0) is 0 Å². The summed E-state index contributed by atoms with van der Waals surface area (Å²) in [6.45, 7) is 0. The Balaban J connectivity index is 3.29. The normalized spacial score (nSPS) is 9.89. The predicted octanol–water partition coefficient (Wildman–Crippen LogP) is -1.50. The van der Waals surface area contributed by atoms with Crippen LogP contribution in [-0.4, -0.2) is 23.1 Å². The van der Waals surface area contributed by atoms with E-state index in [9.17, 15) is 14.4 Å². The average Bonchev–Trinajstić information content (AvgIpc) is 2.71. The van der Waals surface area contributed by atoms with Crippen molar-refractivity contribution in [2.75, 3.05) is 10.0 Å². The Labute approximate surface area is 99.4 Å². The van der Waals surface area contributed by atoms with Crippen LogP contribution in [0.5, 0.6) is 0 Å². The van der Waals surface area contributed by atoms with Crippen molar-refractivity contribution in [1.82, 2.24) is 0 Å². The van der Waals surface area contributed by atoms with Crippen LogP contribution in [-0.2, 0) is 0 Å². The van der Waals surface area contributed by atoms with Crippen LogP contribution in [0.15, 0.2) is 10.5 Å². The van der Waals surface area contributed by atoms with Gasteiger partial charge < -0.3 is 21.0 Å². The fourth-order valence-electron chi connectivity index (χ4n) is 1.03. The van der Waals surface area contributed by atoms with E-state index >= 15 is 0 Å². The number of amides is 4. The Kier molecular flexibility index (Phi) is 3.39. The molecule has 4 amide bonds. The van der Waals surface area contributed by atoms with Crippen LogP contribution in [0, 0.1) is 0 Å². The lowest BCUT2D eigenvalue weighted by Crippen LogP contribution is -2.42. The number of carbonyl (C=O) groups excluding carboxylic acids is 2. The van der Waals surface area contributed by atoms with Crippen molar-refractivity contribution in [3.05, 3.63) is 11.6 Å². The van der Waals surface area contributed by atoms with E-state index < -0.39 is 35.4 Å². The number of aromatic carboxylic acids is 1. The Morgan fingerprint density at radius 1 is 1.11 bits per heavy atom. The number of rotatable bonds is 3. The molecule has 0 radical (unpaired) electrons. The van der Waals surface area contributed by atoms with Crippen LogP contribution >= 0.6 is 0 Å². The molecule has 9 N–H and O–H groups in total. The molecule has 0 aliphatic rings. The number of carboxylic acid groups (broad SMARTS) is 1. The summed E-state index contributed by atoms with van der Waals surface area (Å²) in [6, 6.07) is -1.40. The molecule has 11 nitrogen and oxygen atoms in total. The first-order valence-electron chi connectivity index (χ1n) is 4.31. The summed E-state index contributed by atoms with van der Waals surface area (Å²) in [4.78, 5) is 32.5. The maximum Gasteiger partial charge on any atom is 0.341 e. The summed E-state index contributed by atoms with van der Waals surface area (Å²) in [5.74, 6) is 7.93. The van der Waals surface area contributed by atoms with Crippen molar-refractivity contribution in [1.29, 1.82) is 0 Å². The Morgan fingerprint density at radius 3 is 2.00 bits per heavy atom. The smallest absolute Gasteiger partial charge is 0.341 e. The van der Waals surface area contributed by atoms with Crippen molar-refractivity contribution in [2.45, 2.75) is 0 Å². The second-order valence-electron chi connectivity index (χ2n) is 3.03. The number of carbonyl (C=O) groups is 3. The van der Waals surface area contributed by atoms with Gasteiger partial charge in [0.25, 0.3) is 0 Å². The van der Waals surface area contributed by atoms with E-state index in [1.165, 1.54) is 0 Å². The third kappa shape index (κ3) is 2.31. The second kappa shape index (κ2) is 4.60. The maximum absolute atomic E-state index is 10.9. The van der Waals surface area contributed by atoms with Gasteiger partial charge in [0.2, 0.25) is 11.8 Å². The molecule has 0 aromatic carbocycles. The third-order valence-electron chi connectivity index (χ3n) is 1.86. The first-order valence-corrected chi connectivity index (χ1v) is 4.31. The van der Waals surface area contributed by atoms with Gasteiger partial charge in [-0.15, -0.1) is 0 Å². The van der Waals surface area contributed by atoms with E-state index in [1.54, 1.807) is 0 Å². The van der Waals surface area contributed by atoms with E-state index in [-0.39, 0.29) is 5.01 Å². The minimum absolute atomic E-state index is 0.252. The standard InChI is InChI=1S/C7H10N6O5/c8-6(16)12(10)3-1-2(5(14)15)4(18-3)13(11)7(9)17/h1H,10-11H2,(H2,8,16)(H2,9,17)(H,14,15). The number of nitrogens with two attached hydrogens (primary N) is 4. The molecular formula is C7H10N6O5. The second-order valence-corrected chi connectivity index (χ2v) is 3.03. The zero-order valence-electron chi connectivity index (χ0n) is 8.86. The molecule has 0 saturated carbocycles. The van der Waals surface area contributed by atoms with Crippen LogP contribution in [0.25, 0.3) is 0 Å². The number of anilines is 2. The number of hydrogen-bond acceptors (Lipinski definition) is 6. The monoisotopic (exact) mass is 258 g/mol. The molecule has 98 valence electrons.